The van der Waals surface area contributed by atoms with Gasteiger partial charge in [0, 0.05) is 40.1 Å². The Bertz CT molecular complexity index is 1030. The number of aryl methyl sites for hydroxylation is 1. The summed E-state index contributed by atoms with van der Waals surface area (Å²) >= 11 is 3.59. The SMILES string of the molecule is Cc1cc(C(=O)NN2CCOCC2)nn1Cc1cc(Br)cc2cc(C(C)C)oc12. The molecule has 1 saturated heterocycles. The van der Waals surface area contributed by atoms with E-state index in [0.717, 1.165) is 32.5 Å². The second-order valence-electron chi connectivity index (χ2n) is 7.66. The highest BCUT2D eigenvalue weighted by atomic mass is 79.9. The quantitative estimate of drug-likeness (QED) is 0.625. The molecule has 3 heterocycles. The molecule has 4 rings (SSSR count). The van der Waals surface area contributed by atoms with Gasteiger partial charge < -0.3 is 9.15 Å². The number of nitrogens with zero attached hydrogens (tertiary/aromatic N) is 3. The monoisotopic (exact) mass is 460 g/mol. The van der Waals surface area contributed by atoms with E-state index in [9.17, 15) is 4.79 Å². The largest absolute Gasteiger partial charge is 0.460 e. The zero-order chi connectivity index (χ0) is 20.5. The first kappa shape index (κ1) is 20.1. The summed E-state index contributed by atoms with van der Waals surface area (Å²) < 4.78 is 14.3. The minimum absolute atomic E-state index is 0.201. The summed E-state index contributed by atoms with van der Waals surface area (Å²) in [4.78, 5) is 12.6. The van der Waals surface area contributed by atoms with E-state index in [1.807, 2.05) is 28.7 Å². The minimum atomic E-state index is -0.201. The van der Waals surface area contributed by atoms with E-state index in [4.69, 9.17) is 9.15 Å². The van der Waals surface area contributed by atoms with E-state index in [-0.39, 0.29) is 5.91 Å². The Hall–Kier alpha value is -2.16. The van der Waals surface area contributed by atoms with Crippen LogP contribution in [0.25, 0.3) is 11.0 Å². The maximum atomic E-state index is 12.6. The summed E-state index contributed by atoms with van der Waals surface area (Å²) in [5.74, 6) is 1.08. The fraction of sp³-hybridized carbons (Fsp3) is 0.429. The average Bonchev–Trinajstić information content (AvgIpc) is 3.27. The molecule has 0 bridgehead atoms. The van der Waals surface area contributed by atoms with Crippen LogP contribution in [-0.2, 0) is 11.3 Å². The molecule has 7 nitrogen and oxygen atoms in total. The van der Waals surface area contributed by atoms with Crippen LogP contribution in [0, 0.1) is 6.92 Å². The van der Waals surface area contributed by atoms with Crippen LogP contribution in [0.1, 0.15) is 47.3 Å². The van der Waals surface area contributed by atoms with Crippen LogP contribution in [0.15, 0.2) is 33.2 Å². The van der Waals surface area contributed by atoms with Crippen molar-refractivity contribution in [1.29, 1.82) is 0 Å². The molecule has 1 aliphatic heterocycles. The van der Waals surface area contributed by atoms with Crippen molar-refractivity contribution in [2.75, 3.05) is 26.3 Å². The Morgan fingerprint density at radius 1 is 1.24 bits per heavy atom. The smallest absolute Gasteiger partial charge is 0.286 e. The Labute approximate surface area is 178 Å². The van der Waals surface area contributed by atoms with Crippen LogP contribution < -0.4 is 5.43 Å². The van der Waals surface area contributed by atoms with E-state index in [1.165, 1.54) is 0 Å². The first-order valence-electron chi connectivity index (χ1n) is 9.80. The lowest BCUT2D eigenvalue weighted by molar-refractivity contribution is 0.0124. The molecule has 0 saturated carbocycles. The van der Waals surface area contributed by atoms with Crippen LogP contribution in [-0.4, -0.2) is 47.0 Å². The van der Waals surface area contributed by atoms with Crippen LogP contribution in [0.2, 0.25) is 0 Å². The summed E-state index contributed by atoms with van der Waals surface area (Å²) in [6.07, 6.45) is 0. The highest BCUT2D eigenvalue weighted by molar-refractivity contribution is 9.10. The molecule has 1 N–H and O–H groups in total. The van der Waals surface area contributed by atoms with Crippen molar-refractivity contribution in [2.24, 2.45) is 0 Å². The van der Waals surface area contributed by atoms with Gasteiger partial charge in [0.1, 0.15) is 11.3 Å². The lowest BCUT2D eigenvalue weighted by Crippen LogP contribution is -2.48. The van der Waals surface area contributed by atoms with Crippen molar-refractivity contribution in [3.63, 3.8) is 0 Å². The van der Waals surface area contributed by atoms with Crippen LogP contribution in [0.5, 0.6) is 0 Å². The molecular formula is C21H25BrN4O3. The van der Waals surface area contributed by atoms with Crippen LogP contribution >= 0.6 is 15.9 Å². The Morgan fingerprint density at radius 3 is 2.72 bits per heavy atom. The van der Waals surface area contributed by atoms with Gasteiger partial charge in [-0.1, -0.05) is 29.8 Å². The Kier molecular flexibility index (Phi) is 5.76. The van der Waals surface area contributed by atoms with Gasteiger partial charge >= 0.3 is 0 Å². The Morgan fingerprint density at radius 2 is 2.00 bits per heavy atom. The molecule has 0 spiro atoms. The molecule has 0 atom stereocenters. The van der Waals surface area contributed by atoms with Crippen molar-refractivity contribution >= 4 is 32.8 Å². The van der Waals surface area contributed by atoms with Crippen LogP contribution in [0.4, 0.5) is 0 Å². The van der Waals surface area contributed by atoms with E-state index < -0.39 is 0 Å². The molecule has 2 aromatic heterocycles. The second kappa shape index (κ2) is 8.30. The van der Waals surface area contributed by atoms with Crippen molar-refractivity contribution in [3.8, 4) is 0 Å². The highest BCUT2D eigenvalue weighted by Gasteiger charge is 2.19. The second-order valence-corrected chi connectivity index (χ2v) is 8.57. The molecule has 0 aliphatic carbocycles. The standard InChI is InChI=1S/C21H25BrN4O3/c1-13(2)19-11-15-9-17(22)10-16(20(15)29-19)12-26-14(3)8-18(23-26)21(27)24-25-4-6-28-7-5-25/h8-11,13H,4-7,12H2,1-3H3,(H,24,27). The molecule has 1 fully saturated rings. The van der Waals surface area contributed by atoms with E-state index >= 15 is 0 Å². The van der Waals surface area contributed by atoms with Crippen molar-refractivity contribution in [1.82, 2.24) is 20.2 Å². The number of hydrazine groups is 1. The van der Waals surface area contributed by atoms with Gasteiger partial charge in [0.05, 0.1) is 19.8 Å². The number of carbonyl (C=O) groups is 1. The summed E-state index contributed by atoms with van der Waals surface area (Å²) in [5, 5.41) is 7.47. The number of furan rings is 1. The molecular weight excluding hydrogens is 436 g/mol. The van der Waals surface area contributed by atoms with Gasteiger partial charge in [0.25, 0.3) is 5.91 Å². The van der Waals surface area contributed by atoms with Gasteiger partial charge in [0.15, 0.2) is 5.69 Å². The molecule has 8 heteroatoms. The molecule has 1 aromatic carbocycles. The lowest BCUT2D eigenvalue weighted by Gasteiger charge is -2.26. The summed E-state index contributed by atoms with van der Waals surface area (Å²) in [6.45, 7) is 9.30. The first-order valence-corrected chi connectivity index (χ1v) is 10.6. The fourth-order valence-corrected chi connectivity index (χ4v) is 3.95. The number of morpholine rings is 1. The number of nitrogens with one attached hydrogen (secondary N) is 1. The molecule has 1 aliphatic rings. The normalized spacial score (nSPS) is 15.3. The number of hydrogen-bond donors (Lipinski definition) is 1. The number of ether oxygens (including phenoxy) is 1. The number of rotatable bonds is 5. The maximum Gasteiger partial charge on any atom is 0.286 e. The third-order valence-corrected chi connectivity index (χ3v) is 5.51. The van der Waals surface area contributed by atoms with Gasteiger partial charge in [-0.05, 0) is 31.2 Å². The zero-order valence-corrected chi connectivity index (χ0v) is 18.5. The van der Waals surface area contributed by atoms with E-state index in [2.05, 4.69) is 52.4 Å². The summed E-state index contributed by atoms with van der Waals surface area (Å²) in [5.41, 5.74) is 6.12. The van der Waals surface area contributed by atoms with E-state index in [1.54, 1.807) is 0 Å². The van der Waals surface area contributed by atoms with Gasteiger partial charge in [-0.3, -0.25) is 14.9 Å². The summed E-state index contributed by atoms with van der Waals surface area (Å²) in [7, 11) is 0. The zero-order valence-electron chi connectivity index (χ0n) is 16.9. The van der Waals surface area contributed by atoms with Gasteiger partial charge in [0.2, 0.25) is 0 Å². The number of carbonyl (C=O) groups excluding carboxylic acids is 1. The predicted molar refractivity (Wildman–Crippen MR) is 114 cm³/mol. The Balaban J connectivity index is 1.57. The highest BCUT2D eigenvalue weighted by Crippen LogP contribution is 2.31. The molecule has 1 amide bonds. The molecule has 0 unspecified atom stereocenters. The van der Waals surface area contributed by atoms with Gasteiger partial charge in [-0.25, -0.2) is 5.01 Å². The van der Waals surface area contributed by atoms with Gasteiger partial charge in [-0.2, -0.15) is 5.10 Å². The first-order chi connectivity index (χ1) is 13.9. The van der Waals surface area contributed by atoms with Crippen molar-refractivity contribution in [3.05, 3.63) is 51.4 Å². The number of fused-ring (bicyclic) bond motifs is 1. The molecule has 154 valence electrons. The molecule has 0 radical (unpaired) electrons. The number of hydrogen-bond acceptors (Lipinski definition) is 5. The number of benzene rings is 1. The third-order valence-electron chi connectivity index (χ3n) is 5.05. The molecule has 3 aromatic rings. The fourth-order valence-electron chi connectivity index (χ4n) is 3.43. The maximum absolute atomic E-state index is 12.6. The minimum Gasteiger partial charge on any atom is -0.460 e. The topological polar surface area (TPSA) is 72.5 Å². The van der Waals surface area contributed by atoms with Crippen molar-refractivity contribution in [2.45, 2.75) is 33.2 Å². The predicted octanol–water partition coefficient (Wildman–Crippen LogP) is 3.85. The van der Waals surface area contributed by atoms with Gasteiger partial charge in [-0.15, -0.1) is 0 Å². The number of amides is 1. The number of halogens is 1. The average molecular weight is 461 g/mol. The lowest BCUT2D eigenvalue weighted by atomic mass is 10.1. The van der Waals surface area contributed by atoms with Crippen molar-refractivity contribution < 1.29 is 13.9 Å². The summed E-state index contributed by atoms with van der Waals surface area (Å²) in [6, 6.07) is 8.01. The van der Waals surface area contributed by atoms with E-state index in [0.29, 0.717) is 44.5 Å². The van der Waals surface area contributed by atoms with Crippen LogP contribution in [0.3, 0.4) is 0 Å². The molecule has 29 heavy (non-hydrogen) atoms. The third kappa shape index (κ3) is 4.39. The number of aromatic nitrogens is 2.